The highest BCUT2D eigenvalue weighted by atomic mass is 16.5. The lowest BCUT2D eigenvalue weighted by molar-refractivity contribution is -0.116. The number of aromatic amines is 1. The van der Waals surface area contributed by atoms with E-state index in [0.29, 0.717) is 29.8 Å². The van der Waals surface area contributed by atoms with Crippen LogP contribution in [0.15, 0.2) is 23.1 Å². The summed E-state index contributed by atoms with van der Waals surface area (Å²) in [7, 11) is 0. The van der Waals surface area contributed by atoms with Gasteiger partial charge in [-0.15, -0.1) is 0 Å². The van der Waals surface area contributed by atoms with Gasteiger partial charge in [0.1, 0.15) is 12.1 Å². The first kappa shape index (κ1) is 15.8. The van der Waals surface area contributed by atoms with Crippen molar-refractivity contribution in [3.63, 3.8) is 0 Å². The number of aryl methyl sites for hydroxylation is 2. The van der Waals surface area contributed by atoms with Crippen LogP contribution in [0.3, 0.4) is 0 Å². The van der Waals surface area contributed by atoms with Crippen LogP contribution in [0.5, 0.6) is 0 Å². The van der Waals surface area contributed by atoms with Gasteiger partial charge in [-0.2, -0.15) is 15.2 Å². The van der Waals surface area contributed by atoms with Crippen molar-refractivity contribution in [2.24, 2.45) is 0 Å². The number of H-pyrrole nitrogens is 1. The normalized spacial score (nSPS) is 10.9. The number of aromatic nitrogens is 7. The molecule has 10 nitrogen and oxygen atoms in total. The highest BCUT2D eigenvalue weighted by Crippen LogP contribution is 2.12. The van der Waals surface area contributed by atoms with Crippen molar-refractivity contribution >= 4 is 11.7 Å². The average molecular weight is 330 g/mol. The maximum Gasteiger partial charge on any atom is 0.239 e. The average Bonchev–Trinajstić information content (AvgIpc) is 3.32. The van der Waals surface area contributed by atoms with Crippen LogP contribution in [-0.4, -0.2) is 41.0 Å². The summed E-state index contributed by atoms with van der Waals surface area (Å²) in [5.41, 5.74) is 0. The summed E-state index contributed by atoms with van der Waals surface area (Å²) in [5.74, 6) is 1.68. The second kappa shape index (κ2) is 7.49. The Balaban J connectivity index is 1.52. The summed E-state index contributed by atoms with van der Waals surface area (Å²) in [6.45, 7) is 2.89. The van der Waals surface area contributed by atoms with Crippen molar-refractivity contribution < 1.29 is 9.32 Å². The van der Waals surface area contributed by atoms with Crippen molar-refractivity contribution in [2.75, 3.05) is 5.32 Å². The van der Waals surface area contributed by atoms with Gasteiger partial charge in [-0.3, -0.25) is 9.89 Å². The minimum absolute atomic E-state index is 0.132. The van der Waals surface area contributed by atoms with Crippen LogP contribution < -0.4 is 5.32 Å². The van der Waals surface area contributed by atoms with Crippen LogP contribution in [0.4, 0.5) is 5.82 Å². The smallest absolute Gasteiger partial charge is 0.239 e. The first-order chi connectivity index (χ1) is 11.8. The van der Waals surface area contributed by atoms with E-state index in [1.807, 2.05) is 0 Å². The number of nitrogens with one attached hydrogen (secondary N) is 2. The molecule has 10 heteroatoms. The van der Waals surface area contributed by atoms with E-state index >= 15 is 0 Å². The molecule has 3 rings (SSSR count). The predicted molar refractivity (Wildman–Crippen MR) is 83.8 cm³/mol. The summed E-state index contributed by atoms with van der Waals surface area (Å²) in [5, 5.41) is 17.2. The Morgan fingerprint density at radius 1 is 1.46 bits per heavy atom. The molecule has 3 aromatic heterocycles. The fourth-order valence-electron chi connectivity index (χ4n) is 2.12. The fourth-order valence-corrected chi connectivity index (χ4v) is 2.12. The summed E-state index contributed by atoms with van der Waals surface area (Å²) < 4.78 is 6.89. The van der Waals surface area contributed by atoms with Gasteiger partial charge in [0.25, 0.3) is 0 Å². The topological polar surface area (TPSA) is 127 Å². The first-order valence-electron chi connectivity index (χ1n) is 7.76. The zero-order chi connectivity index (χ0) is 16.8. The molecule has 3 aromatic rings. The Bertz CT molecular complexity index is 776. The van der Waals surface area contributed by atoms with Crippen LogP contribution in [0.2, 0.25) is 0 Å². The van der Waals surface area contributed by atoms with E-state index in [1.165, 1.54) is 6.33 Å². The highest BCUT2D eigenvalue weighted by Gasteiger charge is 2.13. The van der Waals surface area contributed by atoms with Crippen molar-refractivity contribution in [1.82, 2.24) is 35.1 Å². The maximum atomic E-state index is 12.1. The standard InChI is InChI=1S/C14H18N8O2/c1-2-3-8-22-10(6-7-17-22)18-11(23)4-5-12-19-14(21-24-12)13-15-9-16-20-13/h6-7,9H,2-5,8H2,1H3,(H,18,23)(H,15,16,20). The summed E-state index contributed by atoms with van der Waals surface area (Å²) in [6, 6.07) is 1.78. The van der Waals surface area contributed by atoms with Crippen molar-refractivity contribution in [2.45, 2.75) is 39.2 Å². The number of hydrogen-bond donors (Lipinski definition) is 2. The molecule has 126 valence electrons. The van der Waals surface area contributed by atoms with E-state index < -0.39 is 0 Å². The maximum absolute atomic E-state index is 12.1. The van der Waals surface area contributed by atoms with E-state index in [1.54, 1.807) is 16.9 Å². The molecule has 0 atom stereocenters. The number of unbranched alkanes of at least 4 members (excludes halogenated alkanes) is 1. The Hall–Kier alpha value is -3.04. The number of hydrogen-bond acceptors (Lipinski definition) is 7. The van der Waals surface area contributed by atoms with Crippen molar-refractivity contribution in [3.8, 4) is 11.6 Å². The highest BCUT2D eigenvalue weighted by molar-refractivity contribution is 5.89. The molecule has 0 aliphatic heterocycles. The van der Waals surface area contributed by atoms with Gasteiger partial charge in [0.2, 0.25) is 17.6 Å². The number of carbonyl (C=O) groups is 1. The Morgan fingerprint density at radius 3 is 3.17 bits per heavy atom. The number of anilines is 1. The number of carbonyl (C=O) groups excluding carboxylic acids is 1. The molecule has 24 heavy (non-hydrogen) atoms. The zero-order valence-corrected chi connectivity index (χ0v) is 13.3. The summed E-state index contributed by atoms with van der Waals surface area (Å²) in [6.07, 6.45) is 5.69. The third-order valence-corrected chi connectivity index (χ3v) is 3.37. The molecule has 0 aliphatic carbocycles. The van der Waals surface area contributed by atoms with Gasteiger partial charge < -0.3 is 9.84 Å². The lowest BCUT2D eigenvalue weighted by atomic mass is 10.3. The minimum atomic E-state index is -0.132. The third-order valence-electron chi connectivity index (χ3n) is 3.37. The predicted octanol–water partition coefficient (Wildman–Crippen LogP) is 1.42. The molecule has 1 amide bonds. The minimum Gasteiger partial charge on any atom is -0.339 e. The molecule has 0 aromatic carbocycles. The monoisotopic (exact) mass is 330 g/mol. The lowest BCUT2D eigenvalue weighted by Gasteiger charge is -2.07. The molecule has 2 N–H and O–H groups in total. The summed E-state index contributed by atoms with van der Waals surface area (Å²) in [4.78, 5) is 20.2. The van der Waals surface area contributed by atoms with E-state index in [-0.39, 0.29) is 12.3 Å². The van der Waals surface area contributed by atoms with Crippen LogP contribution in [0.25, 0.3) is 11.6 Å². The zero-order valence-electron chi connectivity index (χ0n) is 13.3. The number of nitrogens with zero attached hydrogens (tertiary/aromatic N) is 6. The van der Waals surface area contributed by atoms with E-state index in [2.05, 4.69) is 42.7 Å². The molecule has 3 heterocycles. The Labute approximate surface area is 137 Å². The molecule has 0 saturated carbocycles. The van der Waals surface area contributed by atoms with Gasteiger partial charge in [0, 0.05) is 25.5 Å². The lowest BCUT2D eigenvalue weighted by Crippen LogP contribution is -2.16. The van der Waals surface area contributed by atoms with Gasteiger partial charge >= 0.3 is 0 Å². The molecule has 0 spiro atoms. The van der Waals surface area contributed by atoms with Crippen LogP contribution in [0, 0.1) is 0 Å². The van der Waals surface area contributed by atoms with Gasteiger partial charge in [-0.25, -0.2) is 9.67 Å². The number of rotatable bonds is 8. The summed E-state index contributed by atoms with van der Waals surface area (Å²) >= 11 is 0. The molecule has 0 fully saturated rings. The second-order valence-corrected chi connectivity index (χ2v) is 5.19. The van der Waals surface area contributed by atoms with E-state index in [9.17, 15) is 4.79 Å². The third kappa shape index (κ3) is 3.83. The van der Waals surface area contributed by atoms with Crippen LogP contribution >= 0.6 is 0 Å². The number of amides is 1. The van der Waals surface area contributed by atoms with Gasteiger partial charge in [0.05, 0.1) is 6.20 Å². The Kier molecular flexibility index (Phi) is 4.94. The Morgan fingerprint density at radius 2 is 2.38 bits per heavy atom. The van der Waals surface area contributed by atoms with Crippen LogP contribution in [-0.2, 0) is 17.8 Å². The van der Waals surface area contributed by atoms with Gasteiger partial charge in [-0.1, -0.05) is 18.5 Å². The molecular formula is C14H18N8O2. The van der Waals surface area contributed by atoms with E-state index in [0.717, 1.165) is 19.4 Å². The van der Waals surface area contributed by atoms with Crippen molar-refractivity contribution in [3.05, 3.63) is 24.5 Å². The largest absolute Gasteiger partial charge is 0.339 e. The van der Waals surface area contributed by atoms with Crippen molar-refractivity contribution in [1.29, 1.82) is 0 Å². The molecule has 0 unspecified atom stereocenters. The fraction of sp³-hybridized carbons (Fsp3) is 0.429. The quantitative estimate of drug-likeness (QED) is 0.639. The first-order valence-corrected chi connectivity index (χ1v) is 7.76. The SMILES string of the molecule is CCCCn1nccc1NC(=O)CCc1nc(-c2ncn[nH]2)no1. The molecule has 0 saturated heterocycles. The molecular weight excluding hydrogens is 312 g/mol. The van der Waals surface area contributed by atoms with E-state index in [4.69, 9.17) is 4.52 Å². The molecule has 0 bridgehead atoms. The second-order valence-electron chi connectivity index (χ2n) is 5.19. The molecule has 0 aliphatic rings. The van der Waals surface area contributed by atoms with Gasteiger partial charge in [-0.05, 0) is 6.42 Å². The van der Waals surface area contributed by atoms with Gasteiger partial charge in [0.15, 0.2) is 5.82 Å². The molecule has 0 radical (unpaired) electrons. The van der Waals surface area contributed by atoms with Crippen LogP contribution in [0.1, 0.15) is 32.1 Å².